The van der Waals surface area contributed by atoms with Crippen LogP contribution in [0.3, 0.4) is 0 Å². The Bertz CT molecular complexity index is 402. The minimum absolute atomic E-state index is 0. The third-order valence-electron chi connectivity index (χ3n) is 1.81. The van der Waals surface area contributed by atoms with E-state index >= 15 is 0 Å². The van der Waals surface area contributed by atoms with E-state index in [1.54, 1.807) is 24.3 Å². The van der Waals surface area contributed by atoms with Gasteiger partial charge in [0.05, 0.1) is 17.2 Å². The molecule has 0 unspecified atom stereocenters. The molecule has 0 radical (unpaired) electrons. The van der Waals surface area contributed by atoms with E-state index in [0.717, 1.165) is 5.56 Å². The minimum Gasteiger partial charge on any atom is -0.748 e. The van der Waals surface area contributed by atoms with E-state index in [2.05, 4.69) is 0 Å². The first-order chi connectivity index (χ1) is 6.53. The summed E-state index contributed by atoms with van der Waals surface area (Å²) in [6.45, 7) is 0. The van der Waals surface area contributed by atoms with Crippen LogP contribution in [-0.4, -0.2) is 25.8 Å². The van der Waals surface area contributed by atoms with Gasteiger partial charge in [0.2, 0.25) is 0 Å². The molecule has 0 spiro atoms. The molecule has 0 amide bonds. The van der Waals surface area contributed by atoms with Crippen LogP contribution in [0.5, 0.6) is 5.75 Å². The number of benzene rings is 1. The van der Waals surface area contributed by atoms with Gasteiger partial charge < -0.3 is 9.29 Å². The molecule has 1 rings (SSSR count). The molecule has 0 atom stereocenters. The topological polar surface area (TPSA) is 66.4 Å². The van der Waals surface area contributed by atoms with Crippen molar-refractivity contribution in [1.82, 2.24) is 0 Å². The summed E-state index contributed by atoms with van der Waals surface area (Å²) >= 11 is 0. The van der Waals surface area contributed by atoms with Gasteiger partial charge in [-0.25, -0.2) is 8.42 Å². The van der Waals surface area contributed by atoms with Crippen LogP contribution in [0.25, 0.3) is 0 Å². The molecule has 15 heavy (non-hydrogen) atoms. The molecular weight excluding hydrogens is 227 g/mol. The Morgan fingerprint density at radius 3 is 2.47 bits per heavy atom. The number of ether oxygens (including phenoxy) is 1. The Morgan fingerprint density at radius 2 is 1.93 bits per heavy atom. The van der Waals surface area contributed by atoms with Gasteiger partial charge in [0, 0.05) is 5.75 Å². The van der Waals surface area contributed by atoms with Crippen molar-refractivity contribution in [2.24, 2.45) is 0 Å². The first kappa shape index (κ1) is 14.9. The fourth-order valence-corrected chi connectivity index (χ4v) is 1.61. The molecule has 0 N–H and O–H groups in total. The molecule has 4 nitrogen and oxygen atoms in total. The zero-order valence-corrected chi connectivity index (χ0v) is 11.6. The summed E-state index contributed by atoms with van der Waals surface area (Å²) in [5.74, 6) is 0.212. The molecule has 1 aromatic rings. The summed E-state index contributed by atoms with van der Waals surface area (Å²) in [7, 11) is -2.65. The van der Waals surface area contributed by atoms with E-state index in [0.29, 0.717) is 5.75 Å². The Labute approximate surface area is 112 Å². The van der Waals surface area contributed by atoms with Gasteiger partial charge in [-0.1, -0.05) is 18.2 Å². The molecule has 6 heteroatoms. The number of hydrogen-bond donors (Lipinski definition) is 0. The van der Waals surface area contributed by atoms with E-state index in [9.17, 15) is 13.0 Å². The van der Waals surface area contributed by atoms with Gasteiger partial charge in [0.25, 0.3) is 0 Å². The SMILES string of the molecule is COc1ccccc1CCS(=O)(=O)[O-].[Na+]. The van der Waals surface area contributed by atoms with Gasteiger partial charge in [0.1, 0.15) is 5.75 Å². The molecule has 0 aliphatic carbocycles. The molecule has 0 saturated heterocycles. The Hall–Kier alpha value is -0.0700. The maximum Gasteiger partial charge on any atom is 1.00 e. The van der Waals surface area contributed by atoms with Crippen LogP contribution in [0.4, 0.5) is 0 Å². The van der Waals surface area contributed by atoms with Crippen LogP contribution in [0, 0.1) is 0 Å². The van der Waals surface area contributed by atoms with Crippen molar-refractivity contribution in [3.8, 4) is 5.75 Å². The first-order valence-corrected chi connectivity index (χ1v) is 5.66. The van der Waals surface area contributed by atoms with Crippen molar-refractivity contribution in [1.29, 1.82) is 0 Å². The fourth-order valence-electron chi connectivity index (χ4n) is 1.14. The Balaban J connectivity index is 0.00000196. The molecule has 0 aliphatic rings. The molecule has 0 aromatic heterocycles. The number of aryl methyl sites for hydroxylation is 1. The quantitative estimate of drug-likeness (QED) is 0.440. The molecule has 0 fully saturated rings. The summed E-state index contributed by atoms with van der Waals surface area (Å²) in [6.07, 6.45) is 0.190. The van der Waals surface area contributed by atoms with Crippen molar-refractivity contribution >= 4 is 10.1 Å². The predicted molar refractivity (Wildman–Crippen MR) is 51.3 cm³/mol. The molecule has 0 saturated carbocycles. The number of para-hydroxylation sites is 1. The van der Waals surface area contributed by atoms with Crippen LogP contribution in [0.2, 0.25) is 0 Å². The molecule has 1 aromatic carbocycles. The largest absolute Gasteiger partial charge is 1.00 e. The third kappa shape index (κ3) is 5.53. The smallest absolute Gasteiger partial charge is 0.748 e. The zero-order valence-electron chi connectivity index (χ0n) is 8.76. The monoisotopic (exact) mass is 238 g/mol. The van der Waals surface area contributed by atoms with E-state index in [1.165, 1.54) is 7.11 Å². The predicted octanol–water partition coefficient (Wildman–Crippen LogP) is -2.21. The summed E-state index contributed by atoms with van der Waals surface area (Å²) in [5.41, 5.74) is 0.731. The number of methoxy groups -OCH3 is 1. The third-order valence-corrected chi connectivity index (χ3v) is 2.52. The molecular formula is C9H11NaO4S. The van der Waals surface area contributed by atoms with E-state index in [4.69, 9.17) is 4.74 Å². The van der Waals surface area contributed by atoms with E-state index in [1.807, 2.05) is 0 Å². The van der Waals surface area contributed by atoms with Crippen LogP contribution < -0.4 is 34.3 Å². The van der Waals surface area contributed by atoms with Gasteiger partial charge in [-0.05, 0) is 18.1 Å². The second kappa shape index (κ2) is 6.50. The summed E-state index contributed by atoms with van der Waals surface area (Å²) in [6, 6.07) is 7.03. The number of hydrogen-bond acceptors (Lipinski definition) is 4. The van der Waals surface area contributed by atoms with Gasteiger partial charge in [-0.2, -0.15) is 0 Å². The average molecular weight is 238 g/mol. The van der Waals surface area contributed by atoms with Gasteiger partial charge in [0.15, 0.2) is 0 Å². The zero-order chi connectivity index (χ0) is 10.6. The maximum atomic E-state index is 10.4. The van der Waals surface area contributed by atoms with Gasteiger partial charge >= 0.3 is 29.6 Å². The maximum absolute atomic E-state index is 10.4. The Kier molecular flexibility index (Phi) is 6.47. The van der Waals surface area contributed by atoms with Crippen molar-refractivity contribution in [3.05, 3.63) is 29.8 Å². The second-order valence-electron chi connectivity index (χ2n) is 2.82. The molecule has 78 valence electrons. The second-order valence-corrected chi connectivity index (χ2v) is 4.35. The minimum atomic E-state index is -4.15. The van der Waals surface area contributed by atoms with Crippen molar-refractivity contribution in [2.75, 3.05) is 12.9 Å². The van der Waals surface area contributed by atoms with Crippen LogP contribution in [-0.2, 0) is 16.5 Å². The summed E-state index contributed by atoms with van der Waals surface area (Å²) < 4.78 is 36.2. The first-order valence-electron chi connectivity index (χ1n) is 4.08. The van der Waals surface area contributed by atoms with E-state index in [-0.39, 0.29) is 36.0 Å². The molecule has 0 heterocycles. The molecule has 0 bridgehead atoms. The summed E-state index contributed by atoms with van der Waals surface area (Å²) in [4.78, 5) is 0. The van der Waals surface area contributed by atoms with Gasteiger partial charge in [-0.15, -0.1) is 0 Å². The normalized spacial score (nSPS) is 10.5. The van der Waals surface area contributed by atoms with Crippen LogP contribution in [0.1, 0.15) is 5.56 Å². The average Bonchev–Trinajstić information content (AvgIpc) is 2.14. The number of rotatable bonds is 4. The van der Waals surface area contributed by atoms with Crippen LogP contribution in [0.15, 0.2) is 24.3 Å². The van der Waals surface area contributed by atoms with Crippen molar-refractivity contribution in [3.63, 3.8) is 0 Å². The van der Waals surface area contributed by atoms with Crippen molar-refractivity contribution in [2.45, 2.75) is 6.42 Å². The van der Waals surface area contributed by atoms with Crippen molar-refractivity contribution < 1.29 is 47.3 Å². The molecule has 0 aliphatic heterocycles. The Morgan fingerprint density at radius 1 is 1.33 bits per heavy atom. The fraction of sp³-hybridized carbons (Fsp3) is 0.333. The standard InChI is InChI=1S/C9H12O4S.Na/c1-13-9-5-3-2-4-8(9)6-7-14(10,11)12;/h2-5H,6-7H2,1H3,(H,10,11,12);/q;+1/p-1. The van der Waals surface area contributed by atoms with Gasteiger partial charge in [-0.3, -0.25) is 0 Å². The van der Waals surface area contributed by atoms with Crippen LogP contribution >= 0.6 is 0 Å². The van der Waals surface area contributed by atoms with E-state index < -0.39 is 15.9 Å². The summed E-state index contributed by atoms with van der Waals surface area (Å²) in [5, 5.41) is 0.